The number of nitrogens with one attached hydrogen (secondary N) is 1. The zero-order valence-electron chi connectivity index (χ0n) is 29.9. The van der Waals surface area contributed by atoms with Gasteiger partial charge in [-0.15, -0.1) is 0 Å². The smallest absolute Gasteiger partial charge is 0.409 e. The molecule has 2 fully saturated rings. The summed E-state index contributed by atoms with van der Waals surface area (Å²) in [5, 5.41) is 14.6. The van der Waals surface area contributed by atoms with Gasteiger partial charge in [0.2, 0.25) is 5.91 Å². The first-order valence-corrected chi connectivity index (χ1v) is 20.1. The standard InChI is InChI=1S/C35H51ClN2O10Si/c1-21-12-10-13-25(45-7)35(42)20-27(47-32(41)37-35)33(2,3)31-34(4,48-31)26(46-29(40)14-11-15-49(8,9)43)19-28(39)38(5)23-17-22(16-21)18-24(44-6)30(23)36/h10,12-13,17-18,25-27,31,42-43H,11,14-16,19-20H2,1-9H3,(H,37,41)/b13-10+,21-12+/t25-,26+,27+,31+,34-,35+/m1/s1. The molecule has 0 aliphatic carbocycles. The highest BCUT2D eigenvalue weighted by molar-refractivity contribution is 6.69. The molecule has 4 bridgehead atoms. The van der Waals surface area contributed by atoms with Crippen molar-refractivity contribution in [2.24, 2.45) is 5.41 Å². The summed E-state index contributed by atoms with van der Waals surface area (Å²) in [5.74, 6) is -0.507. The Balaban J connectivity index is 1.78. The fourth-order valence-corrected chi connectivity index (χ4v) is 8.13. The number of allylic oxidation sites excluding steroid dienone is 3. The van der Waals surface area contributed by atoms with Crippen LogP contribution in [0.2, 0.25) is 24.2 Å². The summed E-state index contributed by atoms with van der Waals surface area (Å²) in [6.45, 7) is 11.0. The van der Waals surface area contributed by atoms with E-state index in [-0.39, 0.29) is 30.2 Å². The van der Waals surface area contributed by atoms with Crippen molar-refractivity contribution in [2.45, 2.75) is 115 Å². The van der Waals surface area contributed by atoms with Crippen LogP contribution in [0.25, 0.3) is 0 Å². The van der Waals surface area contributed by atoms with Crippen LogP contribution in [0.4, 0.5) is 10.5 Å². The molecular formula is C35H51ClN2O10Si. The summed E-state index contributed by atoms with van der Waals surface area (Å²) >= 11 is 6.74. The van der Waals surface area contributed by atoms with E-state index in [1.807, 2.05) is 32.9 Å². The third kappa shape index (κ3) is 8.87. The van der Waals surface area contributed by atoms with E-state index in [0.717, 1.165) is 11.1 Å². The Morgan fingerprint density at radius 1 is 1.20 bits per heavy atom. The summed E-state index contributed by atoms with van der Waals surface area (Å²) in [5.41, 5.74) is -1.68. The van der Waals surface area contributed by atoms with Gasteiger partial charge < -0.3 is 38.5 Å². The highest BCUT2D eigenvalue weighted by atomic mass is 35.5. The summed E-state index contributed by atoms with van der Waals surface area (Å²) < 4.78 is 29.3. The van der Waals surface area contributed by atoms with Gasteiger partial charge in [0.25, 0.3) is 0 Å². The Labute approximate surface area is 294 Å². The number of benzene rings is 1. The number of alkyl carbamates (subject to hydrolysis) is 1. The number of nitrogens with zero attached hydrogens (tertiary/aromatic N) is 1. The number of amides is 2. The summed E-state index contributed by atoms with van der Waals surface area (Å²) in [7, 11) is 2.17. The number of anilines is 1. The molecule has 3 N–H and O–H groups in total. The topological polar surface area (TPSA) is 156 Å². The molecule has 1 aromatic rings. The predicted octanol–water partition coefficient (Wildman–Crippen LogP) is 5.04. The van der Waals surface area contributed by atoms with E-state index in [2.05, 4.69) is 5.32 Å². The molecule has 1 aromatic carbocycles. The third-order valence-corrected chi connectivity index (χ3v) is 11.7. The van der Waals surface area contributed by atoms with E-state index in [9.17, 15) is 24.3 Å². The third-order valence-electron chi connectivity index (χ3n) is 9.76. The van der Waals surface area contributed by atoms with Crippen molar-refractivity contribution < 1.29 is 48.0 Å². The van der Waals surface area contributed by atoms with E-state index in [4.69, 9.17) is 35.3 Å². The molecule has 6 atom stereocenters. The van der Waals surface area contributed by atoms with E-state index in [0.29, 0.717) is 30.3 Å². The van der Waals surface area contributed by atoms with E-state index < -0.39 is 61.5 Å². The molecule has 0 radical (unpaired) electrons. The molecule has 3 aliphatic heterocycles. The van der Waals surface area contributed by atoms with Gasteiger partial charge in [0.1, 0.15) is 34.7 Å². The number of hydrogen-bond donors (Lipinski definition) is 3. The first-order valence-electron chi connectivity index (χ1n) is 16.5. The second kappa shape index (κ2) is 14.7. The fraction of sp³-hybridized carbons (Fsp3) is 0.629. The Hall–Kier alpha value is -2.94. The normalized spacial score (nSPS) is 32.2. The van der Waals surface area contributed by atoms with Gasteiger partial charge in [-0.3, -0.25) is 14.9 Å². The number of rotatable bonds is 7. The first-order chi connectivity index (χ1) is 22.7. The molecule has 3 aliphatic rings. The molecule has 49 heavy (non-hydrogen) atoms. The van der Waals surface area contributed by atoms with Crippen molar-refractivity contribution in [1.29, 1.82) is 0 Å². The fourth-order valence-electron chi connectivity index (χ4n) is 6.78. The molecule has 272 valence electrons. The van der Waals surface area contributed by atoms with Crippen LogP contribution in [0.15, 0.2) is 35.9 Å². The van der Waals surface area contributed by atoms with Crippen LogP contribution < -0.4 is 15.0 Å². The van der Waals surface area contributed by atoms with Crippen LogP contribution in [-0.4, -0.2) is 93.2 Å². The summed E-state index contributed by atoms with van der Waals surface area (Å²) in [6.07, 6.45) is 1.74. The van der Waals surface area contributed by atoms with E-state index in [1.165, 1.54) is 19.1 Å². The predicted molar refractivity (Wildman–Crippen MR) is 187 cm³/mol. The van der Waals surface area contributed by atoms with Crippen molar-refractivity contribution in [3.63, 3.8) is 0 Å². The number of hydrogen-bond acceptors (Lipinski definition) is 10. The van der Waals surface area contributed by atoms with Gasteiger partial charge in [-0.25, -0.2) is 4.79 Å². The zero-order chi connectivity index (χ0) is 36.5. The molecule has 2 saturated heterocycles. The number of esters is 1. The Morgan fingerprint density at radius 3 is 2.53 bits per heavy atom. The van der Waals surface area contributed by atoms with Crippen molar-refractivity contribution in [2.75, 3.05) is 26.2 Å². The maximum atomic E-state index is 14.0. The molecule has 12 nitrogen and oxygen atoms in total. The SMILES string of the molecule is COc1cc2cc(c1Cl)N(C)C(=O)C[C@H](OC(=O)CCC[Si](C)(C)O)[C@@]1(C)O[C@H]1C(C)(C)[C@@H]1C[C@@](O)(NC(=O)O1)[C@H](OC)/C=C/C=C(\C)C2. The molecule has 0 saturated carbocycles. The lowest BCUT2D eigenvalue weighted by molar-refractivity contribution is -0.155. The monoisotopic (exact) mass is 722 g/mol. The average molecular weight is 723 g/mol. The van der Waals surface area contributed by atoms with Crippen LogP contribution in [0.1, 0.15) is 58.9 Å². The Bertz CT molecular complexity index is 1490. The molecule has 0 unspecified atom stereocenters. The summed E-state index contributed by atoms with van der Waals surface area (Å²) in [6, 6.07) is 4.14. The number of carbonyl (C=O) groups excluding carboxylic acids is 3. The number of aliphatic hydroxyl groups is 1. The molecule has 0 aromatic heterocycles. The second-order valence-corrected chi connectivity index (χ2v) is 19.3. The lowest BCUT2D eigenvalue weighted by atomic mass is 9.73. The second-order valence-electron chi connectivity index (χ2n) is 14.8. The average Bonchev–Trinajstić information content (AvgIpc) is 3.71. The van der Waals surface area contributed by atoms with E-state index in [1.54, 1.807) is 45.3 Å². The zero-order valence-corrected chi connectivity index (χ0v) is 31.7. The first kappa shape index (κ1) is 38.9. The number of ether oxygens (including phenoxy) is 5. The van der Waals surface area contributed by atoms with Gasteiger partial charge in [-0.1, -0.05) is 49.2 Å². The van der Waals surface area contributed by atoms with Crippen molar-refractivity contribution >= 4 is 43.6 Å². The number of epoxide rings is 1. The van der Waals surface area contributed by atoms with Crippen LogP contribution in [-0.2, 0) is 35.0 Å². The largest absolute Gasteiger partial charge is 0.495 e. The molecule has 4 rings (SSSR count). The van der Waals surface area contributed by atoms with Gasteiger partial charge in [0, 0.05) is 32.4 Å². The molecule has 3 heterocycles. The van der Waals surface area contributed by atoms with Crippen molar-refractivity contribution in [1.82, 2.24) is 5.32 Å². The van der Waals surface area contributed by atoms with Crippen LogP contribution in [0, 0.1) is 5.41 Å². The minimum Gasteiger partial charge on any atom is -0.495 e. The number of methoxy groups -OCH3 is 2. The van der Waals surface area contributed by atoms with Crippen LogP contribution >= 0.6 is 11.6 Å². The minimum absolute atomic E-state index is 0.0374. The van der Waals surface area contributed by atoms with Gasteiger partial charge in [0.15, 0.2) is 14.0 Å². The van der Waals surface area contributed by atoms with Gasteiger partial charge in [0.05, 0.1) is 25.3 Å². The maximum absolute atomic E-state index is 14.0. The quantitative estimate of drug-likeness (QED) is 0.198. The van der Waals surface area contributed by atoms with Gasteiger partial charge in [-0.05, 0) is 63.5 Å². The molecule has 2 amide bonds. The molecular weight excluding hydrogens is 672 g/mol. The minimum atomic E-state index is -2.38. The number of fused-ring (bicyclic) bond motifs is 5. The van der Waals surface area contributed by atoms with Crippen molar-refractivity contribution in [3.05, 3.63) is 46.5 Å². The lowest BCUT2D eigenvalue weighted by Crippen LogP contribution is -2.65. The number of halogens is 1. The lowest BCUT2D eigenvalue weighted by Gasteiger charge is -2.45. The number of carbonyl (C=O) groups is 3. The maximum Gasteiger partial charge on any atom is 0.409 e. The van der Waals surface area contributed by atoms with Gasteiger partial charge >= 0.3 is 12.1 Å². The Morgan fingerprint density at radius 2 is 1.90 bits per heavy atom. The molecule has 0 spiro atoms. The Kier molecular flexibility index (Phi) is 11.7. The molecule has 14 heteroatoms. The van der Waals surface area contributed by atoms with Crippen LogP contribution in [0.5, 0.6) is 5.75 Å². The summed E-state index contributed by atoms with van der Waals surface area (Å²) in [4.78, 5) is 51.8. The van der Waals surface area contributed by atoms with E-state index >= 15 is 0 Å². The highest BCUT2D eigenvalue weighted by Crippen LogP contribution is 2.54. The van der Waals surface area contributed by atoms with Crippen LogP contribution in [0.3, 0.4) is 0 Å². The highest BCUT2D eigenvalue weighted by Gasteiger charge is 2.68. The van der Waals surface area contributed by atoms with Crippen molar-refractivity contribution in [3.8, 4) is 5.75 Å². The van der Waals surface area contributed by atoms with Gasteiger partial charge in [-0.2, -0.15) is 0 Å².